The van der Waals surface area contributed by atoms with Crippen molar-refractivity contribution >= 4 is 22.0 Å². The van der Waals surface area contributed by atoms with Gasteiger partial charge in [0.25, 0.3) is 0 Å². The first-order valence-corrected chi connectivity index (χ1v) is 3.47. The van der Waals surface area contributed by atoms with Crippen LogP contribution < -0.4 is 0 Å². The first kappa shape index (κ1) is 4.40. The third kappa shape index (κ3) is 29.4. The lowest BCUT2D eigenvalue weighted by atomic mass is 12.0. The molecule has 3 heteroatoms. The van der Waals surface area contributed by atoms with E-state index in [1.54, 1.807) is 0 Å². The Balaban J connectivity index is 3.51. The molecule has 0 amide bonds. The van der Waals surface area contributed by atoms with Crippen LogP contribution in [0.25, 0.3) is 0 Å². The molecule has 0 nitrogen and oxygen atoms in total. The summed E-state index contributed by atoms with van der Waals surface area (Å²) in [5.41, 5.74) is 0. The second kappa shape index (κ2) is 1.69. The maximum absolute atomic E-state index is 10.9. The average molecular weight is 96.0 g/mol. The molecule has 24 valence electrons. The van der Waals surface area contributed by atoms with Crippen molar-refractivity contribution in [2.75, 3.05) is 0 Å². The second-order valence-corrected chi connectivity index (χ2v) is 2.54. The predicted molar refractivity (Wildman–Crippen MR) is 23.5 cm³/mol. The van der Waals surface area contributed by atoms with Crippen LogP contribution in [0.1, 0.15) is 0 Å². The van der Waals surface area contributed by atoms with E-state index >= 15 is 0 Å². The maximum Gasteiger partial charge on any atom is 0.0735 e. The summed E-state index contributed by atoms with van der Waals surface area (Å²) >= 11 is 0. The number of hydrogen-bond acceptors (Lipinski definition) is 0. The summed E-state index contributed by atoms with van der Waals surface area (Å²) in [5, 5.41) is 0. The highest BCUT2D eigenvalue weighted by atomic mass is 31.7. The summed E-state index contributed by atoms with van der Waals surface area (Å²) < 4.78 is 10.9. The van der Waals surface area contributed by atoms with E-state index in [2.05, 4.69) is 14.8 Å². The van der Waals surface area contributed by atoms with Gasteiger partial charge in [-0.2, -0.15) is 4.20 Å². The molecule has 0 aromatic heterocycles. The largest absolute Gasteiger partial charge is 0.188 e. The first-order valence-electron chi connectivity index (χ1n) is 0.709. The molecule has 0 bridgehead atoms. The molecular weight excluding hydrogens is 93.0 g/mol. The second-order valence-electron chi connectivity index (χ2n) is 0.362. The van der Waals surface area contributed by atoms with Crippen LogP contribution in [0.3, 0.4) is 0 Å². The van der Waals surface area contributed by atoms with E-state index in [0.717, 1.165) is 0 Å². The van der Waals surface area contributed by atoms with E-state index in [1.807, 2.05) is 0 Å². The van der Waals surface area contributed by atoms with E-state index in [4.69, 9.17) is 0 Å². The summed E-state index contributed by atoms with van der Waals surface area (Å²) in [5.74, 6) is 0. The van der Waals surface area contributed by atoms with Crippen LogP contribution in [0.15, 0.2) is 0 Å². The van der Waals surface area contributed by atoms with Crippen molar-refractivity contribution in [1.29, 1.82) is 0 Å². The fourth-order valence-electron chi connectivity index (χ4n) is 0. The quantitative estimate of drug-likeness (QED) is 0.403. The summed E-state index contributed by atoms with van der Waals surface area (Å²) in [7, 11) is 1.03. The van der Waals surface area contributed by atoms with Crippen LogP contribution in [0.2, 0.25) is 0 Å². The van der Waals surface area contributed by atoms with Crippen molar-refractivity contribution in [3.63, 3.8) is 0 Å². The van der Waals surface area contributed by atoms with Gasteiger partial charge in [0.1, 0.15) is 0 Å². The molecule has 1 atom stereocenters. The maximum atomic E-state index is 10.9. The number of halogens is 1. The van der Waals surface area contributed by atoms with E-state index < -0.39 is 7.14 Å². The summed E-state index contributed by atoms with van der Waals surface area (Å²) in [6.07, 6.45) is 2.95. The minimum atomic E-state index is -1.56. The molecule has 4 heavy (non-hydrogen) atoms. The van der Waals surface area contributed by atoms with Crippen LogP contribution in [-0.2, 0) is 0 Å². The third-order valence-corrected chi connectivity index (χ3v) is 0. The first-order chi connectivity index (χ1) is 1.73. The smallest absolute Gasteiger partial charge is 0.0735 e. The van der Waals surface area contributed by atoms with Crippen molar-refractivity contribution < 1.29 is 4.20 Å². The van der Waals surface area contributed by atoms with Crippen molar-refractivity contribution in [2.24, 2.45) is 0 Å². The Kier molecular flexibility index (Phi) is 1.86. The number of hydrogen-bond donors (Lipinski definition) is 0. The molecule has 0 aliphatic carbocycles. The van der Waals surface area contributed by atoms with Gasteiger partial charge in [0.15, 0.2) is 0 Å². The Morgan fingerprint density at radius 1 is 2.00 bits per heavy atom. The van der Waals surface area contributed by atoms with Gasteiger partial charge in [-0.3, -0.25) is 0 Å². The summed E-state index contributed by atoms with van der Waals surface area (Å²) in [6, 6.07) is 0. The molecule has 0 aromatic carbocycles. The van der Waals surface area contributed by atoms with Crippen molar-refractivity contribution in [2.45, 2.75) is 0 Å². The highest BCUT2D eigenvalue weighted by Crippen LogP contribution is 2.08. The molecule has 1 unspecified atom stereocenters. The fraction of sp³-hybridized carbons (Fsp3) is 0. The van der Waals surface area contributed by atoms with Gasteiger partial charge in [0, 0.05) is 0 Å². The van der Waals surface area contributed by atoms with Crippen LogP contribution in [0.5, 0.6) is 0 Å². The zero-order valence-corrected chi connectivity index (χ0v) is 3.93. The van der Waals surface area contributed by atoms with Crippen molar-refractivity contribution in [1.82, 2.24) is 0 Å². The third-order valence-electron chi connectivity index (χ3n) is 0. The minimum Gasteiger partial charge on any atom is -0.188 e. The van der Waals surface area contributed by atoms with Crippen LogP contribution in [-0.4, -0.2) is 6.30 Å². The lowest BCUT2D eigenvalue weighted by molar-refractivity contribution is 0.935. The molecule has 0 heterocycles. The standard InChI is InChI=1S/CH3FP2/c1-4(2)3/h3H,1H2. The van der Waals surface area contributed by atoms with Crippen LogP contribution in [0.4, 0.5) is 4.20 Å². The van der Waals surface area contributed by atoms with E-state index in [9.17, 15) is 4.20 Å². The molecule has 0 saturated heterocycles. The van der Waals surface area contributed by atoms with Gasteiger partial charge in [-0.1, -0.05) is 8.53 Å². The molecule has 0 radical (unpaired) electrons. The molecule has 0 N–H and O–H groups in total. The van der Waals surface area contributed by atoms with Gasteiger partial charge in [0.05, 0.1) is 7.14 Å². The van der Waals surface area contributed by atoms with E-state index in [1.165, 1.54) is 0 Å². The molecule has 0 spiro atoms. The molecule has 0 aliphatic rings. The molecule has 0 aliphatic heterocycles. The van der Waals surface area contributed by atoms with Crippen molar-refractivity contribution in [3.05, 3.63) is 0 Å². The van der Waals surface area contributed by atoms with Crippen LogP contribution in [0, 0.1) is 0 Å². The Hall–Kier alpha value is 0.400. The molecule has 0 rings (SSSR count). The zero-order chi connectivity index (χ0) is 3.58. The lowest BCUT2D eigenvalue weighted by Crippen LogP contribution is -0.927. The molecule has 0 saturated carbocycles. The molecule has 0 fully saturated rings. The monoisotopic (exact) mass is 96.0 g/mol. The fourth-order valence-corrected chi connectivity index (χ4v) is 0. The van der Waals surface area contributed by atoms with Gasteiger partial charge in [-0.15, -0.1) is 0 Å². The Morgan fingerprint density at radius 2 is 2.00 bits per heavy atom. The topological polar surface area (TPSA) is 0 Å². The minimum absolute atomic E-state index is 1.56. The Morgan fingerprint density at radius 3 is 2.00 bits per heavy atom. The average Bonchev–Trinajstić information content (AvgIpc) is 0.811. The summed E-state index contributed by atoms with van der Waals surface area (Å²) in [4.78, 5) is 0. The predicted octanol–water partition coefficient (Wildman–Crippen LogP) is 1.84. The highest BCUT2D eigenvalue weighted by Gasteiger charge is 1.40. The Labute approximate surface area is 27.2 Å². The van der Waals surface area contributed by atoms with Gasteiger partial charge >= 0.3 is 0 Å². The van der Waals surface area contributed by atoms with Gasteiger partial charge in [0.2, 0.25) is 0 Å². The van der Waals surface area contributed by atoms with Gasteiger partial charge in [-0.05, 0) is 6.30 Å². The van der Waals surface area contributed by atoms with Gasteiger partial charge < -0.3 is 0 Å². The van der Waals surface area contributed by atoms with E-state index in [0.29, 0.717) is 0 Å². The highest BCUT2D eigenvalue weighted by molar-refractivity contribution is 7.81. The van der Waals surface area contributed by atoms with Gasteiger partial charge in [-0.25, -0.2) is 0 Å². The SMILES string of the molecule is C=P(F)=P. The summed E-state index contributed by atoms with van der Waals surface area (Å²) in [6.45, 7) is 0. The zero-order valence-electron chi connectivity index (χ0n) is 2.03. The lowest BCUT2D eigenvalue weighted by Gasteiger charge is -1.44. The molecular formula is CH3FP2. The van der Waals surface area contributed by atoms with Crippen LogP contribution >= 0.6 is 15.7 Å². The Bertz CT molecular complexity index is 54.4. The van der Waals surface area contributed by atoms with Crippen molar-refractivity contribution in [3.8, 4) is 0 Å². The normalized spacial score (nSPS) is 10.8. The number of rotatable bonds is 0. The van der Waals surface area contributed by atoms with E-state index in [-0.39, 0.29) is 0 Å². The molecule has 0 aromatic rings.